The van der Waals surface area contributed by atoms with Gasteiger partial charge in [0, 0.05) is 23.1 Å². The zero-order valence-corrected chi connectivity index (χ0v) is 16.6. The van der Waals surface area contributed by atoms with Gasteiger partial charge < -0.3 is 0 Å². The van der Waals surface area contributed by atoms with E-state index in [9.17, 15) is 8.42 Å². The standard InChI is InChI=1S/C20H20N2O2S2/c1-13-4-6-17(14(2)10-13)20-21-18(12-25-20)15-5-7-19-16(11-15)8-9-22(19)26(3,23)24/h4-7,10-12H,8-9H2,1-3H3. The Morgan fingerprint density at radius 3 is 2.65 bits per heavy atom. The molecule has 0 saturated carbocycles. The molecule has 0 bridgehead atoms. The fourth-order valence-corrected chi connectivity index (χ4v) is 5.34. The van der Waals surface area contributed by atoms with Crippen LogP contribution in [0.25, 0.3) is 21.8 Å². The van der Waals surface area contributed by atoms with Crippen molar-refractivity contribution < 1.29 is 8.42 Å². The summed E-state index contributed by atoms with van der Waals surface area (Å²) in [4.78, 5) is 4.82. The first-order chi connectivity index (χ1) is 12.3. The van der Waals surface area contributed by atoms with Gasteiger partial charge in [0.1, 0.15) is 5.01 Å². The first-order valence-corrected chi connectivity index (χ1v) is 11.2. The lowest BCUT2D eigenvalue weighted by atomic mass is 10.1. The minimum atomic E-state index is -3.21. The molecule has 0 radical (unpaired) electrons. The number of aryl methyl sites for hydroxylation is 2. The minimum absolute atomic E-state index is 0.516. The smallest absolute Gasteiger partial charge is 0.232 e. The number of thiazole rings is 1. The third kappa shape index (κ3) is 3.04. The number of hydrogen-bond acceptors (Lipinski definition) is 4. The Bertz CT molecular complexity index is 1100. The van der Waals surface area contributed by atoms with Crippen LogP contribution in [0.15, 0.2) is 41.8 Å². The third-order valence-corrected chi connectivity index (χ3v) is 6.80. The lowest BCUT2D eigenvalue weighted by Gasteiger charge is -2.16. The average Bonchev–Trinajstić information content (AvgIpc) is 3.20. The second-order valence-corrected chi connectivity index (χ2v) is 9.55. The van der Waals surface area contributed by atoms with E-state index in [0.717, 1.165) is 39.5 Å². The van der Waals surface area contributed by atoms with Gasteiger partial charge in [0.25, 0.3) is 0 Å². The highest BCUT2D eigenvalue weighted by atomic mass is 32.2. The summed E-state index contributed by atoms with van der Waals surface area (Å²) < 4.78 is 25.2. The topological polar surface area (TPSA) is 50.3 Å². The van der Waals surface area contributed by atoms with Crippen molar-refractivity contribution in [3.05, 3.63) is 58.5 Å². The van der Waals surface area contributed by atoms with Crippen LogP contribution in [0, 0.1) is 13.8 Å². The molecular weight excluding hydrogens is 364 g/mol. The van der Waals surface area contributed by atoms with Crippen molar-refractivity contribution in [2.45, 2.75) is 20.3 Å². The highest BCUT2D eigenvalue weighted by molar-refractivity contribution is 7.92. The van der Waals surface area contributed by atoms with Gasteiger partial charge in [0.15, 0.2) is 0 Å². The molecule has 0 N–H and O–H groups in total. The highest BCUT2D eigenvalue weighted by Gasteiger charge is 2.26. The zero-order chi connectivity index (χ0) is 18.5. The van der Waals surface area contributed by atoms with Crippen LogP contribution in [0.1, 0.15) is 16.7 Å². The van der Waals surface area contributed by atoms with Crippen molar-refractivity contribution in [3.63, 3.8) is 0 Å². The van der Waals surface area contributed by atoms with Crippen molar-refractivity contribution in [1.29, 1.82) is 0 Å². The van der Waals surface area contributed by atoms with Gasteiger partial charge in [-0.1, -0.05) is 29.8 Å². The van der Waals surface area contributed by atoms with E-state index in [0.29, 0.717) is 6.54 Å². The van der Waals surface area contributed by atoms with E-state index in [-0.39, 0.29) is 0 Å². The largest absolute Gasteiger partial charge is 0.270 e. The monoisotopic (exact) mass is 384 g/mol. The number of fused-ring (bicyclic) bond motifs is 1. The van der Waals surface area contributed by atoms with Crippen LogP contribution in [-0.2, 0) is 16.4 Å². The van der Waals surface area contributed by atoms with Gasteiger partial charge in [0.2, 0.25) is 10.0 Å². The molecule has 0 spiro atoms. The Kier molecular flexibility index (Phi) is 4.12. The molecular formula is C20H20N2O2S2. The second kappa shape index (κ2) is 6.21. The molecule has 0 saturated heterocycles. The van der Waals surface area contributed by atoms with E-state index < -0.39 is 10.0 Å². The number of nitrogens with zero attached hydrogens (tertiary/aromatic N) is 2. The van der Waals surface area contributed by atoms with Crippen molar-refractivity contribution in [2.75, 3.05) is 17.1 Å². The van der Waals surface area contributed by atoms with Gasteiger partial charge in [0.05, 0.1) is 17.6 Å². The fraction of sp³-hybridized carbons (Fsp3) is 0.250. The third-order valence-electron chi connectivity index (χ3n) is 4.75. The molecule has 134 valence electrons. The van der Waals surface area contributed by atoms with E-state index >= 15 is 0 Å². The summed E-state index contributed by atoms with van der Waals surface area (Å²) in [5.41, 5.74) is 7.46. The number of benzene rings is 2. The molecule has 0 aliphatic carbocycles. The predicted octanol–water partition coefficient (Wildman–Crippen LogP) is 4.42. The molecule has 2 heterocycles. The molecule has 1 aromatic heterocycles. The van der Waals surface area contributed by atoms with Crippen LogP contribution in [0.5, 0.6) is 0 Å². The number of anilines is 1. The summed E-state index contributed by atoms with van der Waals surface area (Å²) in [6.07, 6.45) is 2.00. The van der Waals surface area contributed by atoms with E-state index in [2.05, 4.69) is 43.5 Å². The SMILES string of the molecule is Cc1ccc(-c2nc(-c3ccc4c(c3)CCN4S(C)(=O)=O)cs2)c(C)c1. The molecule has 0 unspecified atom stereocenters. The van der Waals surface area contributed by atoms with Crippen molar-refractivity contribution in [3.8, 4) is 21.8 Å². The normalized spacial score (nSPS) is 13.9. The number of hydrogen-bond donors (Lipinski definition) is 0. The Morgan fingerprint density at radius 2 is 1.92 bits per heavy atom. The summed E-state index contributed by atoms with van der Waals surface area (Å²) >= 11 is 1.64. The Hall–Kier alpha value is -2.18. The highest BCUT2D eigenvalue weighted by Crippen LogP contribution is 2.36. The number of aromatic nitrogens is 1. The molecule has 26 heavy (non-hydrogen) atoms. The molecule has 1 aliphatic rings. The first kappa shape index (κ1) is 17.2. The van der Waals surface area contributed by atoms with Crippen LogP contribution < -0.4 is 4.31 Å². The lowest BCUT2D eigenvalue weighted by molar-refractivity contribution is 0.598. The maximum Gasteiger partial charge on any atom is 0.232 e. The maximum atomic E-state index is 11.9. The van der Waals surface area contributed by atoms with E-state index in [1.807, 2.05) is 12.1 Å². The molecule has 4 nitrogen and oxygen atoms in total. The minimum Gasteiger partial charge on any atom is -0.270 e. The lowest BCUT2D eigenvalue weighted by Crippen LogP contribution is -2.27. The van der Waals surface area contributed by atoms with Crippen molar-refractivity contribution in [2.24, 2.45) is 0 Å². The van der Waals surface area contributed by atoms with Gasteiger partial charge in [-0.05, 0) is 43.5 Å². The second-order valence-electron chi connectivity index (χ2n) is 6.78. The molecule has 0 atom stereocenters. The van der Waals surface area contributed by atoms with Gasteiger partial charge in [-0.3, -0.25) is 4.31 Å². The number of rotatable bonds is 3. The molecule has 6 heteroatoms. The molecule has 1 aliphatic heterocycles. The molecule has 4 rings (SSSR count). The zero-order valence-electron chi connectivity index (χ0n) is 15.0. The molecule has 3 aromatic rings. The molecule has 0 fully saturated rings. The summed E-state index contributed by atoms with van der Waals surface area (Å²) in [6.45, 7) is 4.72. The van der Waals surface area contributed by atoms with E-state index in [4.69, 9.17) is 4.98 Å². The Morgan fingerprint density at radius 1 is 1.12 bits per heavy atom. The van der Waals surface area contributed by atoms with Crippen LogP contribution in [-0.4, -0.2) is 26.2 Å². The molecule has 2 aromatic carbocycles. The van der Waals surface area contributed by atoms with Gasteiger partial charge in [-0.25, -0.2) is 13.4 Å². The average molecular weight is 385 g/mol. The quantitative estimate of drug-likeness (QED) is 0.672. The van der Waals surface area contributed by atoms with Crippen LogP contribution in [0.4, 0.5) is 5.69 Å². The van der Waals surface area contributed by atoms with E-state index in [1.54, 1.807) is 11.3 Å². The molecule has 0 amide bonds. The van der Waals surface area contributed by atoms with Crippen LogP contribution >= 0.6 is 11.3 Å². The summed E-state index contributed by atoms with van der Waals surface area (Å²) in [6, 6.07) is 12.3. The van der Waals surface area contributed by atoms with Gasteiger partial charge >= 0.3 is 0 Å². The van der Waals surface area contributed by atoms with Crippen molar-refractivity contribution in [1.82, 2.24) is 4.98 Å². The summed E-state index contributed by atoms with van der Waals surface area (Å²) in [7, 11) is -3.21. The summed E-state index contributed by atoms with van der Waals surface area (Å²) in [5, 5.41) is 3.08. The number of sulfonamides is 1. The first-order valence-electron chi connectivity index (χ1n) is 8.47. The van der Waals surface area contributed by atoms with Crippen LogP contribution in [0.2, 0.25) is 0 Å². The fourth-order valence-electron chi connectivity index (χ4n) is 3.46. The van der Waals surface area contributed by atoms with E-state index in [1.165, 1.54) is 21.7 Å². The van der Waals surface area contributed by atoms with Crippen molar-refractivity contribution >= 4 is 27.0 Å². The van der Waals surface area contributed by atoms with Gasteiger partial charge in [-0.15, -0.1) is 11.3 Å². The Balaban J connectivity index is 1.69. The maximum absolute atomic E-state index is 11.9. The summed E-state index contributed by atoms with van der Waals surface area (Å²) in [5.74, 6) is 0. The van der Waals surface area contributed by atoms with Crippen LogP contribution in [0.3, 0.4) is 0 Å². The predicted molar refractivity (Wildman–Crippen MR) is 108 cm³/mol. The van der Waals surface area contributed by atoms with Gasteiger partial charge in [-0.2, -0.15) is 0 Å². The Labute approximate surface area is 158 Å².